The molecule has 0 fully saturated rings. The van der Waals surface area contributed by atoms with Gasteiger partial charge in [0.2, 0.25) is 0 Å². The van der Waals surface area contributed by atoms with Gasteiger partial charge < -0.3 is 20.1 Å². The van der Waals surface area contributed by atoms with Crippen LogP contribution in [0.15, 0.2) is 54.6 Å². The second kappa shape index (κ2) is 8.74. The van der Waals surface area contributed by atoms with E-state index in [0.717, 1.165) is 24.3 Å². The Labute approximate surface area is 171 Å². The minimum atomic E-state index is -5.36. The van der Waals surface area contributed by atoms with Crippen LogP contribution in [-0.2, 0) is 9.53 Å². The maximum atomic E-state index is 14.0. The molecule has 0 aromatic heterocycles. The van der Waals surface area contributed by atoms with Crippen molar-refractivity contribution in [2.75, 3.05) is 12.4 Å². The highest BCUT2D eigenvalue weighted by Gasteiger charge is 2.63. The van der Waals surface area contributed by atoms with Crippen LogP contribution < -0.4 is 15.4 Å². The van der Waals surface area contributed by atoms with Crippen molar-refractivity contribution in [3.05, 3.63) is 60.2 Å². The van der Waals surface area contributed by atoms with E-state index in [0.29, 0.717) is 7.11 Å². The summed E-state index contributed by atoms with van der Waals surface area (Å²) in [7, 11) is 0.707. The molecular formula is C18H14ClF5N2O4. The summed E-state index contributed by atoms with van der Waals surface area (Å²) in [4.78, 5) is 24.5. The Bertz CT molecular complexity index is 888. The molecule has 0 saturated carbocycles. The van der Waals surface area contributed by atoms with Crippen LogP contribution in [0.4, 0.5) is 27.6 Å². The molecule has 1 atom stereocenters. The van der Waals surface area contributed by atoms with Crippen LogP contribution in [0.2, 0.25) is 0 Å². The summed E-state index contributed by atoms with van der Waals surface area (Å²) in [6.07, 6.45) is -5.36. The lowest BCUT2D eigenvalue weighted by Gasteiger charge is -2.35. The highest BCUT2D eigenvalue weighted by atomic mass is 35.5. The van der Waals surface area contributed by atoms with Gasteiger partial charge >= 0.3 is 23.4 Å². The molecule has 0 spiro atoms. The summed E-state index contributed by atoms with van der Waals surface area (Å²) in [5.74, 6) is -3.52. The summed E-state index contributed by atoms with van der Waals surface area (Å²) in [5, 5.41) is 3.48. The van der Waals surface area contributed by atoms with Gasteiger partial charge in [-0.3, -0.25) is 4.79 Å². The maximum absolute atomic E-state index is 14.0. The van der Waals surface area contributed by atoms with Gasteiger partial charge in [-0.15, -0.1) is 8.78 Å². The van der Waals surface area contributed by atoms with Crippen LogP contribution in [0.3, 0.4) is 0 Å². The molecule has 0 saturated heterocycles. The minimum Gasteiger partial charge on any atom is -0.466 e. The second-order valence-electron chi connectivity index (χ2n) is 5.76. The monoisotopic (exact) mass is 452 g/mol. The Kier molecular flexibility index (Phi) is 6.76. The van der Waals surface area contributed by atoms with E-state index < -0.39 is 35.0 Å². The van der Waals surface area contributed by atoms with Gasteiger partial charge in [0.05, 0.1) is 7.11 Å². The van der Waals surface area contributed by atoms with Crippen LogP contribution in [-0.4, -0.2) is 36.4 Å². The highest BCUT2D eigenvalue weighted by Crippen LogP contribution is 2.34. The molecule has 2 N–H and O–H groups in total. The smallest absolute Gasteiger partial charge is 0.466 e. The molecule has 0 aliphatic rings. The third-order valence-corrected chi connectivity index (χ3v) is 3.75. The van der Waals surface area contributed by atoms with Gasteiger partial charge in [-0.2, -0.15) is 13.2 Å². The van der Waals surface area contributed by atoms with Crippen molar-refractivity contribution >= 4 is 29.2 Å². The van der Waals surface area contributed by atoms with Gasteiger partial charge in [0.15, 0.2) is 0 Å². The molecule has 12 heteroatoms. The van der Waals surface area contributed by atoms with Crippen molar-refractivity contribution in [1.29, 1.82) is 0 Å². The summed E-state index contributed by atoms with van der Waals surface area (Å²) in [5.41, 5.74) is -8.21. The first kappa shape index (κ1) is 23.2. The first-order valence-electron chi connectivity index (χ1n) is 8.04. The molecule has 2 aromatic carbocycles. The number of anilines is 1. The Hall–Kier alpha value is -3.08. The molecule has 1 amide bonds. The molecule has 162 valence electrons. The number of rotatable bonds is 7. The number of carbonyl (C=O) groups is 2. The number of methoxy groups -OCH3 is 1. The lowest BCUT2D eigenvalue weighted by Crippen LogP contribution is -2.69. The molecular weight excluding hydrogens is 439 g/mol. The van der Waals surface area contributed by atoms with Gasteiger partial charge in [-0.1, -0.05) is 18.2 Å². The summed E-state index contributed by atoms with van der Waals surface area (Å²) < 4.78 is 75.5. The molecule has 0 aliphatic carbocycles. The number of halogens is 6. The Morgan fingerprint density at radius 3 is 1.97 bits per heavy atom. The maximum Gasteiger partial charge on any atom is 0.487 e. The third-order valence-electron chi connectivity index (χ3n) is 3.67. The fourth-order valence-electron chi connectivity index (χ4n) is 2.33. The number of amides is 1. The number of esters is 1. The van der Waals surface area contributed by atoms with E-state index in [4.69, 9.17) is 0 Å². The van der Waals surface area contributed by atoms with Crippen molar-refractivity contribution in [2.45, 2.75) is 17.4 Å². The molecule has 30 heavy (non-hydrogen) atoms. The number of nitrogens with one attached hydrogen (secondary N) is 2. The summed E-state index contributed by atoms with van der Waals surface area (Å²) >= 11 is 4.62. The topological polar surface area (TPSA) is 76.7 Å². The normalized spacial score (nSPS) is 13.7. The SMILES string of the molecule is COC(=O)[C@@](NC(=O)c1ccccc1)(Nc1ccc(OC(F)(F)Cl)cc1)C(F)(F)F. The van der Waals surface area contributed by atoms with Gasteiger partial charge in [-0.25, -0.2) is 4.79 Å². The number of carbonyl (C=O) groups excluding carboxylic acids is 2. The average Bonchev–Trinajstić information content (AvgIpc) is 2.66. The molecule has 0 radical (unpaired) electrons. The summed E-state index contributed by atoms with van der Waals surface area (Å²) in [6.45, 7) is 0. The van der Waals surface area contributed by atoms with Crippen molar-refractivity contribution in [1.82, 2.24) is 5.32 Å². The van der Waals surface area contributed by atoms with E-state index in [9.17, 15) is 31.5 Å². The zero-order chi connectivity index (χ0) is 22.6. The number of ether oxygens (including phenoxy) is 2. The number of hydrogen-bond acceptors (Lipinski definition) is 5. The number of alkyl halides is 6. The van der Waals surface area contributed by atoms with E-state index in [2.05, 4.69) is 21.1 Å². The van der Waals surface area contributed by atoms with Crippen LogP contribution in [0.1, 0.15) is 10.4 Å². The molecule has 0 aliphatic heterocycles. The quantitative estimate of drug-likeness (QED) is 0.286. The first-order chi connectivity index (χ1) is 13.9. The fourth-order valence-corrected chi connectivity index (χ4v) is 2.42. The lowest BCUT2D eigenvalue weighted by atomic mass is 10.1. The van der Waals surface area contributed by atoms with Crippen LogP contribution in [0.25, 0.3) is 0 Å². The van der Waals surface area contributed by atoms with E-state index in [1.165, 1.54) is 24.3 Å². The molecule has 0 bridgehead atoms. The predicted molar refractivity (Wildman–Crippen MR) is 96.2 cm³/mol. The largest absolute Gasteiger partial charge is 0.487 e. The standard InChI is InChI=1S/C18H14ClF5N2O4/c1-29-15(28)16(17(20,21)22,26-14(27)11-5-3-2-4-6-11)25-12-7-9-13(10-8-12)30-18(19,23)24/h2-10,25H,1H3,(H,26,27)/t16-/m0/s1. The molecule has 2 aromatic rings. The number of benzene rings is 2. The van der Waals surface area contributed by atoms with Crippen molar-refractivity contribution in [3.63, 3.8) is 0 Å². The van der Waals surface area contributed by atoms with Gasteiger partial charge in [-0.05, 0) is 36.4 Å². The van der Waals surface area contributed by atoms with E-state index >= 15 is 0 Å². The van der Waals surface area contributed by atoms with Crippen LogP contribution in [0, 0.1) is 0 Å². The van der Waals surface area contributed by atoms with Crippen molar-refractivity contribution < 1.29 is 41.0 Å². The van der Waals surface area contributed by atoms with E-state index in [1.54, 1.807) is 11.4 Å². The zero-order valence-corrected chi connectivity index (χ0v) is 15.9. The zero-order valence-electron chi connectivity index (χ0n) is 15.1. The van der Waals surface area contributed by atoms with Gasteiger partial charge in [0, 0.05) is 22.9 Å². The van der Waals surface area contributed by atoms with Crippen LogP contribution >= 0.6 is 11.6 Å². The lowest BCUT2D eigenvalue weighted by molar-refractivity contribution is -0.203. The van der Waals surface area contributed by atoms with Crippen molar-refractivity contribution in [3.8, 4) is 5.75 Å². The van der Waals surface area contributed by atoms with E-state index in [1.807, 2.05) is 5.32 Å². The Balaban J connectivity index is 2.40. The second-order valence-corrected chi connectivity index (χ2v) is 6.20. The number of hydrogen-bond donors (Lipinski definition) is 2. The Morgan fingerprint density at radius 2 is 1.50 bits per heavy atom. The van der Waals surface area contributed by atoms with Crippen molar-refractivity contribution in [2.24, 2.45) is 0 Å². The molecule has 2 rings (SSSR count). The van der Waals surface area contributed by atoms with Gasteiger partial charge in [0.1, 0.15) is 5.75 Å². The Morgan fingerprint density at radius 1 is 0.933 bits per heavy atom. The fraction of sp³-hybridized carbons (Fsp3) is 0.222. The molecule has 6 nitrogen and oxygen atoms in total. The van der Waals surface area contributed by atoms with E-state index in [-0.39, 0.29) is 11.3 Å². The summed E-state index contributed by atoms with van der Waals surface area (Å²) in [6, 6.07) is 10.5. The highest BCUT2D eigenvalue weighted by molar-refractivity contribution is 6.20. The molecule has 0 unspecified atom stereocenters. The van der Waals surface area contributed by atoms with Crippen LogP contribution in [0.5, 0.6) is 5.75 Å². The third kappa shape index (κ3) is 5.50. The average molecular weight is 453 g/mol. The van der Waals surface area contributed by atoms with Gasteiger partial charge in [0.25, 0.3) is 5.91 Å². The predicted octanol–water partition coefficient (Wildman–Crippen LogP) is 4.13. The minimum absolute atomic E-state index is 0.148. The first-order valence-corrected chi connectivity index (χ1v) is 8.42. The molecule has 0 heterocycles.